The number of anilines is 1. The maximum absolute atomic E-state index is 13.6. The number of sulfonamides is 1. The van der Waals surface area contributed by atoms with Crippen LogP contribution in [0.2, 0.25) is 0 Å². The number of amides is 1. The summed E-state index contributed by atoms with van der Waals surface area (Å²) < 4.78 is 51.9. The van der Waals surface area contributed by atoms with Crippen molar-refractivity contribution in [1.29, 1.82) is 0 Å². The lowest BCUT2D eigenvalue weighted by Gasteiger charge is -2.20. The van der Waals surface area contributed by atoms with Gasteiger partial charge >= 0.3 is 0 Å². The summed E-state index contributed by atoms with van der Waals surface area (Å²) in [6.07, 6.45) is 0. The normalized spacial score (nSPS) is 11.8. The first kappa shape index (κ1) is 22.8. The predicted molar refractivity (Wildman–Crippen MR) is 117 cm³/mol. The highest BCUT2D eigenvalue weighted by molar-refractivity contribution is 7.89. The van der Waals surface area contributed by atoms with Gasteiger partial charge in [-0.15, -0.1) is 0 Å². The third kappa shape index (κ3) is 4.42. The minimum absolute atomic E-state index is 0.0139. The predicted octanol–water partition coefficient (Wildman–Crippen LogP) is 4.56. The van der Waals surface area contributed by atoms with Crippen LogP contribution in [0.4, 0.5) is 10.1 Å². The molecule has 0 aliphatic rings. The van der Waals surface area contributed by atoms with Crippen LogP contribution in [0, 0.1) is 12.7 Å². The Kier molecular flexibility index (Phi) is 6.66. The SMILES string of the molecule is CCOc1ccc(S(=O)(=O)N(CC)CC)cc1NC(=O)c1oc2ccc(F)cc2c1C. The molecule has 0 saturated carbocycles. The Hall–Kier alpha value is -2.91. The zero-order chi connectivity index (χ0) is 22.8. The van der Waals surface area contributed by atoms with E-state index in [0.717, 1.165) is 0 Å². The summed E-state index contributed by atoms with van der Waals surface area (Å²) in [6, 6.07) is 8.33. The summed E-state index contributed by atoms with van der Waals surface area (Å²) >= 11 is 0. The largest absolute Gasteiger partial charge is 0.492 e. The van der Waals surface area contributed by atoms with E-state index in [-0.39, 0.29) is 16.3 Å². The molecule has 0 atom stereocenters. The second kappa shape index (κ2) is 9.07. The zero-order valence-corrected chi connectivity index (χ0v) is 18.7. The van der Waals surface area contributed by atoms with Crippen molar-refractivity contribution >= 4 is 32.6 Å². The molecule has 1 heterocycles. The van der Waals surface area contributed by atoms with Crippen LogP contribution in [0.15, 0.2) is 45.7 Å². The Morgan fingerprint density at radius 3 is 2.48 bits per heavy atom. The third-order valence-electron chi connectivity index (χ3n) is 4.95. The van der Waals surface area contributed by atoms with Crippen molar-refractivity contribution in [1.82, 2.24) is 4.31 Å². The van der Waals surface area contributed by atoms with Gasteiger partial charge in [-0.25, -0.2) is 12.8 Å². The van der Waals surface area contributed by atoms with Gasteiger partial charge in [0.2, 0.25) is 10.0 Å². The van der Waals surface area contributed by atoms with E-state index in [1.807, 2.05) is 0 Å². The van der Waals surface area contributed by atoms with Crippen LogP contribution in [-0.4, -0.2) is 38.3 Å². The molecule has 1 aromatic heterocycles. The molecule has 0 saturated heterocycles. The number of nitrogens with zero attached hydrogens (tertiary/aromatic N) is 1. The molecule has 0 bridgehead atoms. The van der Waals surface area contributed by atoms with Gasteiger partial charge in [0.15, 0.2) is 5.76 Å². The molecular formula is C22H25FN2O5S. The molecule has 0 fully saturated rings. The van der Waals surface area contributed by atoms with E-state index in [2.05, 4.69) is 5.32 Å². The average molecular weight is 449 g/mol. The van der Waals surface area contributed by atoms with E-state index in [1.165, 1.54) is 40.7 Å². The Bertz CT molecular complexity index is 1220. The molecule has 0 aliphatic carbocycles. The zero-order valence-electron chi connectivity index (χ0n) is 17.9. The number of furan rings is 1. The first-order valence-electron chi connectivity index (χ1n) is 9.99. The number of carbonyl (C=O) groups excluding carboxylic acids is 1. The minimum Gasteiger partial charge on any atom is -0.492 e. The third-order valence-corrected chi connectivity index (χ3v) is 6.99. The van der Waals surface area contributed by atoms with Gasteiger partial charge in [-0.05, 0) is 50.2 Å². The molecule has 0 radical (unpaired) electrons. The van der Waals surface area contributed by atoms with Crippen molar-refractivity contribution in [2.45, 2.75) is 32.6 Å². The Labute approximate surface area is 180 Å². The van der Waals surface area contributed by atoms with Crippen LogP contribution in [0.3, 0.4) is 0 Å². The number of rotatable bonds is 8. The molecular weight excluding hydrogens is 423 g/mol. The fourth-order valence-electron chi connectivity index (χ4n) is 3.35. The number of benzene rings is 2. The molecule has 0 spiro atoms. The van der Waals surface area contributed by atoms with Crippen LogP contribution >= 0.6 is 0 Å². The lowest BCUT2D eigenvalue weighted by molar-refractivity contribution is 0.0997. The fraction of sp³-hybridized carbons (Fsp3) is 0.318. The molecule has 1 amide bonds. The smallest absolute Gasteiger partial charge is 0.291 e. The van der Waals surface area contributed by atoms with Gasteiger partial charge in [-0.3, -0.25) is 4.79 Å². The van der Waals surface area contributed by atoms with E-state index < -0.39 is 21.7 Å². The molecule has 0 aliphatic heterocycles. The van der Waals surface area contributed by atoms with Gasteiger partial charge in [0.25, 0.3) is 5.91 Å². The van der Waals surface area contributed by atoms with Crippen LogP contribution in [0.1, 0.15) is 36.9 Å². The number of halogens is 1. The molecule has 166 valence electrons. The summed E-state index contributed by atoms with van der Waals surface area (Å²) in [5, 5.41) is 3.17. The maximum atomic E-state index is 13.6. The highest BCUT2D eigenvalue weighted by Crippen LogP contribution is 2.31. The van der Waals surface area contributed by atoms with Crippen molar-refractivity contribution in [3.8, 4) is 5.75 Å². The Morgan fingerprint density at radius 1 is 1.13 bits per heavy atom. The van der Waals surface area contributed by atoms with Gasteiger partial charge in [-0.2, -0.15) is 4.31 Å². The summed E-state index contributed by atoms with van der Waals surface area (Å²) in [7, 11) is -3.73. The second-order valence-corrected chi connectivity index (χ2v) is 8.77. The molecule has 3 aromatic rings. The minimum atomic E-state index is -3.73. The van der Waals surface area contributed by atoms with Crippen molar-refractivity contribution in [2.75, 3.05) is 25.0 Å². The summed E-state index contributed by atoms with van der Waals surface area (Å²) in [4.78, 5) is 13.0. The van der Waals surface area contributed by atoms with Crippen molar-refractivity contribution in [3.63, 3.8) is 0 Å². The van der Waals surface area contributed by atoms with Gasteiger partial charge in [0.1, 0.15) is 17.1 Å². The van der Waals surface area contributed by atoms with E-state index in [1.54, 1.807) is 27.7 Å². The van der Waals surface area contributed by atoms with Crippen molar-refractivity contribution < 1.29 is 26.8 Å². The molecule has 31 heavy (non-hydrogen) atoms. The molecule has 7 nitrogen and oxygen atoms in total. The first-order chi connectivity index (χ1) is 14.7. The summed E-state index contributed by atoms with van der Waals surface area (Å²) in [5.74, 6) is -0.682. The van der Waals surface area contributed by atoms with Crippen LogP contribution in [0.25, 0.3) is 11.0 Å². The van der Waals surface area contributed by atoms with Gasteiger partial charge in [0.05, 0.1) is 17.2 Å². The van der Waals surface area contributed by atoms with Gasteiger partial charge in [-0.1, -0.05) is 13.8 Å². The monoisotopic (exact) mass is 448 g/mol. The van der Waals surface area contributed by atoms with E-state index >= 15 is 0 Å². The van der Waals surface area contributed by atoms with Crippen LogP contribution in [0.5, 0.6) is 5.75 Å². The van der Waals surface area contributed by atoms with Crippen molar-refractivity contribution in [2.24, 2.45) is 0 Å². The quantitative estimate of drug-likeness (QED) is 0.546. The number of carbonyl (C=O) groups is 1. The standard InChI is InChI=1S/C22H25FN2O5S/c1-5-25(6-2)31(27,28)16-9-11-20(29-7-3)18(13-16)24-22(26)21-14(4)17-12-15(23)8-10-19(17)30-21/h8-13H,5-7H2,1-4H3,(H,24,26). The molecule has 9 heteroatoms. The number of ether oxygens (including phenoxy) is 1. The second-order valence-electron chi connectivity index (χ2n) is 6.83. The van der Waals surface area contributed by atoms with Crippen LogP contribution in [-0.2, 0) is 10.0 Å². The number of fused-ring (bicyclic) bond motifs is 1. The number of nitrogens with one attached hydrogen (secondary N) is 1. The van der Waals surface area contributed by atoms with Crippen molar-refractivity contribution in [3.05, 3.63) is 53.5 Å². The molecule has 2 aromatic carbocycles. The van der Waals surface area contributed by atoms with Gasteiger partial charge < -0.3 is 14.5 Å². The number of hydrogen-bond donors (Lipinski definition) is 1. The Balaban J connectivity index is 2.01. The maximum Gasteiger partial charge on any atom is 0.291 e. The summed E-state index contributed by atoms with van der Waals surface area (Å²) in [6.45, 7) is 7.92. The lowest BCUT2D eigenvalue weighted by Crippen LogP contribution is -2.30. The highest BCUT2D eigenvalue weighted by Gasteiger charge is 2.25. The highest BCUT2D eigenvalue weighted by atomic mass is 32.2. The van der Waals surface area contributed by atoms with E-state index in [9.17, 15) is 17.6 Å². The Morgan fingerprint density at radius 2 is 1.84 bits per heavy atom. The topological polar surface area (TPSA) is 88.9 Å². The molecule has 0 unspecified atom stereocenters. The lowest BCUT2D eigenvalue weighted by atomic mass is 10.1. The van der Waals surface area contributed by atoms with E-state index in [0.29, 0.717) is 42.0 Å². The first-order valence-corrected chi connectivity index (χ1v) is 11.4. The average Bonchev–Trinajstić information content (AvgIpc) is 3.06. The van der Waals surface area contributed by atoms with Crippen LogP contribution < -0.4 is 10.1 Å². The number of hydrogen-bond acceptors (Lipinski definition) is 5. The van der Waals surface area contributed by atoms with Gasteiger partial charge in [0, 0.05) is 24.0 Å². The molecule has 3 rings (SSSR count). The summed E-state index contributed by atoms with van der Waals surface area (Å²) in [5.41, 5.74) is 1.06. The molecule has 1 N–H and O–H groups in total. The van der Waals surface area contributed by atoms with E-state index in [4.69, 9.17) is 9.15 Å². The fourth-order valence-corrected chi connectivity index (χ4v) is 4.83. The number of aryl methyl sites for hydroxylation is 1.